The highest BCUT2D eigenvalue weighted by molar-refractivity contribution is 5.79. The largest absolute Gasteiger partial charge is 0.416 e. The summed E-state index contributed by atoms with van der Waals surface area (Å²) in [6.45, 7) is 5.38. The third-order valence-electron chi connectivity index (χ3n) is 8.19. The Morgan fingerprint density at radius 3 is 2.10 bits per heavy atom. The van der Waals surface area contributed by atoms with Gasteiger partial charge in [-0.1, -0.05) is 37.0 Å². The molecule has 1 fully saturated rings. The molecular weight excluding hydrogens is 558 g/mol. The zero-order valence-electron chi connectivity index (χ0n) is 24.3. The Balaban J connectivity index is 1.82. The van der Waals surface area contributed by atoms with Gasteiger partial charge in [0.15, 0.2) is 0 Å². The molecule has 2 aromatic carbocycles. The van der Waals surface area contributed by atoms with Gasteiger partial charge in [0, 0.05) is 32.4 Å². The fourth-order valence-electron chi connectivity index (χ4n) is 6.49. The number of halogens is 6. The van der Waals surface area contributed by atoms with E-state index in [2.05, 4.69) is 16.1 Å². The van der Waals surface area contributed by atoms with Crippen molar-refractivity contribution in [1.29, 1.82) is 0 Å². The van der Waals surface area contributed by atoms with E-state index in [1.54, 1.807) is 4.90 Å². The summed E-state index contributed by atoms with van der Waals surface area (Å²) in [4.78, 5) is 3.99. The van der Waals surface area contributed by atoms with Crippen molar-refractivity contribution in [3.05, 3.63) is 63.7 Å². The van der Waals surface area contributed by atoms with Crippen molar-refractivity contribution >= 4 is 11.6 Å². The van der Waals surface area contributed by atoms with E-state index in [9.17, 15) is 26.3 Å². The van der Waals surface area contributed by atoms with E-state index in [1.165, 1.54) is 39.2 Å². The van der Waals surface area contributed by atoms with E-state index < -0.39 is 29.5 Å². The molecule has 0 amide bonds. The predicted octanol–water partition coefficient (Wildman–Crippen LogP) is 7.10. The number of nitrogens with two attached hydrogens (primary N) is 2. The number of guanidine groups is 1. The highest BCUT2D eigenvalue weighted by atomic mass is 19.4. The van der Waals surface area contributed by atoms with Crippen molar-refractivity contribution in [2.75, 3.05) is 25.0 Å². The molecule has 2 aliphatic rings. The fourth-order valence-corrected chi connectivity index (χ4v) is 6.49. The van der Waals surface area contributed by atoms with Gasteiger partial charge < -0.3 is 15.5 Å². The van der Waals surface area contributed by atoms with Crippen molar-refractivity contribution in [2.24, 2.45) is 22.6 Å². The van der Waals surface area contributed by atoms with Crippen LogP contribution in [-0.2, 0) is 18.9 Å². The molecule has 0 aromatic heterocycles. The third-order valence-corrected chi connectivity index (χ3v) is 8.19. The standard InChI is InChI=1S/C30H40F6N6/c1-19-12-20(2)27-25(13-19)26(10-7-11-41(27)17-21-8-5-4-6-9-21)42(28(37)39-40(3)38)18-22-14-23(29(31,32)33)16-24(15-22)30(34,35)36/h12-16,21,26H,4-11,17-18,38H2,1-3H3,(H2,37,39). The Labute approximate surface area is 243 Å². The van der Waals surface area contributed by atoms with Crippen LogP contribution in [0.2, 0.25) is 0 Å². The maximum absolute atomic E-state index is 13.7. The molecule has 4 rings (SSSR count). The summed E-state index contributed by atoms with van der Waals surface area (Å²) in [6.07, 6.45) is -2.56. The second-order valence-electron chi connectivity index (χ2n) is 11.7. The van der Waals surface area contributed by atoms with Gasteiger partial charge in [-0.05, 0) is 80.3 Å². The molecule has 232 valence electrons. The Kier molecular flexibility index (Phi) is 9.54. The number of nitrogens with zero attached hydrogens (tertiary/aromatic N) is 4. The lowest BCUT2D eigenvalue weighted by Gasteiger charge is -2.36. The molecule has 1 aliphatic heterocycles. The molecule has 0 radical (unpaired) electrons. The number of hydrogen-bond donors (Lipinski definition) is 2. The first-order valence-electron chi connectivity index (χ1n) is 14.4. The Hall–Kier alpha value is -3.15. The number of alkyl halides is 6. The van der Waals surface area contributed by atoms with Gasteiger partial charge in [-0.25, -0.2) is 11.0 Å². The average molecular weight is 599 g/mol. The number of aryl methyl sites for hydroxylation is 2. The smallest absolute Gasteiger partial charge is 0.371 e. The molecule has 1 saturated carbocycles. The van der Waals surface area contributed by atoms with Gasteiger partial charge in [0.1, 0.15) is 0 Å². The fraction of sp³-hybridized carbons (Fsp3) is 0.567. The van der Waals surface area contributed by atoms with Crippen LogP contribution in [0.15, 0.2) is 35.4 Å². The lowest BCUT2D eigenvalue weighted by Crippen LogP contribution is -2.42. The highest BCUT2D eigenvalue weighted by Crippen LogP contribution is 2.42. The highest BCUT2D eigenvalue weighted by Gasteiger charge is 2.38. The molecule has 1 heterocycles. The minimum atomic E-state index is -4.96. The van der Waals surface area contributed by atoms with Crippen molar-refractivity contribution in [3.8, 4) is 0 Å². The predicted molar refractivity (Wildman–Crippen MR) is 152 cm³/mol. The first-order chi connectivity index (χ1) is 19.6. The van der Waals surface area contributed by atoms with E-state index in [1.807, 2.05) is 19.9 Å². The molecule has 0 bridgehead atoms. The minimum absolute atomic E-state index is 0.0955. The molecule has 4 N–H and O–H groups in total. The maximum atomic E-state index is 13.7. The Morgan fingerprint density at radius 1 is 0.905 bits per heavy atom. The van der Waals surface area contributed by atoms with Gasteiger partial charge in [0.2, 0.25) is 5.96 Å². The topological polar surface area (TPSA) is 74.1 Å². The number of benzene rings is 2. The van der Waals surface area contributed by atoms with Crippen LogP contribution >= 0.6 is 0 Å². The second-order valence-corrected chi connectivity index (χ2v) is 11.7. The van der Waals surface area contributed by atoms with E-state index in [0.29, 0.717) is 12.3 Å². The average Bonchev–Trinajstić information content (AvgIpc) is 3.05. The first-order valence-corrected chi connectivity index (χ1v) is 14.4. The van der Waals surface area contributed by atoms with Gasteiger partial charge in [0.05, 0.1) is 17.2 Å². The Morgan fingerprint density at radius 2 is 1.52 bits per heavy atom. The van der Waals surface area contributed by atoms with E-state index in [-0.39, 0.29) is 24.1 Å². The molecule has 42 heavy (non-hydrogen) atoms. The molecule has 12 heteroatoms. The molecule has 2 aromatic rings. The maximum Gasteiger partial charge on any atom is 0.416 e. The number of rotatable bonds is 6. The summed E-state index contributed by atoms with van der Waals surface area (Å²) < 4.78 is 82.1. The Bertz CT molecular complexity index is 1230. The molecule has 6 nitrogen and oxygen atoms in total. The van der Waals surface area contributed by atoms with Crippen molar-refractivity contribution in [2.45, 2.75) is 83.7 Å². The summed E-state index contributed by atoms with van der Waals surface area (Å²) in [5.74, 6) is 6.23. The first kappa shape index (κ1) is 31.8. The lowest BCUT2D eigenvalue weighted by atomic mass is 9.88. The summed E-state index contributed by atoms with van der Waals surface area (Å²) >= 11 is 0. The van der Waals surface area contributed by atoms with Crippen LogP contribution in [-0.4, -0.2) is 36.1 Å². The van der Waals surface area contributed by atoms with Crippen molar-refractivity contribution in [1.82, 2.24) is 10.0 Å². The zero-order valence-corrected chi connectivity index (χ0v) is 24.3. The van der Waals surface area contributed by atoms with Crippen molar-refractivity contribution in [3.63, 3.8) is 0 Å². The lowest BCUT2D eigenvalue weighted by molar-refractivity contribution is -0.143. The van der Waals surface area contributed by atoms with Crippen LogP contribution in [0.3, 0.4) is 0 Å². The summed E-state index contributed by atoms with van der Waals surface area (Å²) in [6, 6.07) is 5.32. The van der Waals surface area contributed by atoms with Crippen LogP contribution in [0.5, 0.6) is 0 Å². The molecule has 0 saturated heterocycles. The van der Waals surface area contributed by atoms with E-state index >= 15 is 0 Å². The van der Waals surface area contributed by atoms with Crippen LogP contribution in [0, 0.1) is 19.8 Å². The summed E-state index contributed by atoms with van der Waals surface area (Å²) in [7, 11) is 1.44. The quantitative estimate of drug-likeness (QED) is 0.122. The van der Waals surface area contributed by atoms with Gasteiger partial charge in [-0.2, -0.15) is 26.3 Å². The number of anilines is 1. The zero-order chi connectivity index (χ0) is 30.8. The monoisotopic (exact) mass is 598 g/mol. The third kappa shape index (κ3) is 7.62. The summed E-state index contributed by atoms with van der Waals surface area (Å²) in [5, 5.41) is 5.10. The van der Waals surface area contributed by atoms with Crippen LogP contribution in [0.25, 0.3) is 0 Å². The number of hydrazine groups is 1. The normalized spacial score (nSPS) is 19.0. The number of hydrazone groups is 1. The molecular formula is C30H40F6N6. The summed E-state index contributed by atoms with van der Waals surface area (Å²) in [5.41, 5.74) is 7.54. The second kappa shape index (κ2) is 12.6. The van der Waals surface area contributed by atoms with Crippen LogP contribution in [0.4, 0.5) is 32.0 Å². The van der Waals surface area contributed by atoms with Gasteiger partial charge in [-0.3, -0.25) is 0 Å². The molecule has 1 unspecified atom stereocenters. The van der Waals surface area contributed by atoms with Crippen LogP contribution < -0.4 is 16.5 Å². The minimum Gasteiger partial charge on any atom is -0.371 e. The molecule has 1 aliphatic carbocycles. The SMILES string of the molecule is Cc1cc(C)c2c(c1)C(N(Cc1cc(C(F)(F)F)cc(C(F)(F)F)c1)/C(N)=N/N(C)N)CCCN2CC1CCCCC1. The molecule has 1 atom stereocenters. The van der Waals surface area contributed by atoms with Crippen molar-refractivity contribution < 1.29 is 26.3 Å². The number of hydrogen-bond acceptors (Lipinski definition) is 4. The van der Waals surface area contributed by atoms with Crippen LogP contribution in [0.1, 0.15) is 84.4 Å². The van der Waals surface area contributed by atoms with Gasteiger partial charge in [-0.15, -0.1) is 5.10 Å². The molecule has 0 spiro atoms. The van der Waals surface area contributed by atoms with E-state index in [0.717, 1.165) is 59.1 Å². The number of fused-ring (bicyclic) bond motifs is 1. The van der Waals surface area contributed by atoms with E-state index in [4.69, 9.17) is 11.6 Å². The van der Waals surface area contributed by atoms with Gasteiger partial charge >= 0.3 is 12.4 Å². The van der Waals surface area contributed by atoms with Gasteiger partial charge in [0.25, 0.3) is 0 Å².